The number of piperazine rings is 1. The van der Waals surface area contributed by atoms with Crippen molar-refractivity contribution in [1.29, 1.82) is 0 Å². The number of nitrogens with one attached hydrogen (secondary N) is 1. The van der Waals surface area contributed by atoms with Gasteiger partial charge in [-0.3, -0.25) is 0 Å². The predicted octanol–water partition coefficient (Wildman–Crippen LogP) is 3.73. The normalized spacial score (nSPS) is 14.1. The van der Waals surface area contributed by atoms with E-state index in [0.29, 0.717) is 32.2 Å². The van der Waals surface area contributed by atoms with Crippen LogP contribution in [0.2, 0.25) is 0 Å². The Morgan fingerprint density at radius 1 is 1.03 bits per heavy atom. The molecular weight excluding hydrogens is 366 g/mol. The number of carbonyl (C=O) groups is 1. The van der Waals surface area contributed by atoms with Crippen LogP contribution in [0.4, 0.5) is 10.5 Å². The molecule has 3 rings (SSSR count). The molecule has 0 bridgehead atoms. The molecule has 0 aromatic heterocycles. The predicted molar refractivity (Wildman–Crippen MR) is 116 cm³/mol. The van der Waals surface area contributed by atoms with Crippen LogP contribution >= 0.6 is 0 Å². The summed E-state index contributed by atoms with van der Waals surface area (Å²) in [7, 11) is 1.67. The lowest BCUT2D eigenvalue weighted by atomic mass is 10.0. The second-order valence-electron chi connectivity index (χ2n) is 7.48. The van der Waals surface area contributed by atoms with Crippen molar-refractivity contribution in [2.24, 2.45) is 0 Å². The zero-order valence-electron chi connectivity index (χ0n) is 17.6. The number of amides is 2. The maximum atomic E-state index is 12.4. The van der Waals surface area contributed by atoms with Gasteiger partial charge in [0.15, 0.2) is 0 Å². The van der Waals surface area contributed by atoms with E-state index in [0.717, 1.165) is 30.3 Å². The number of nitrogens with zero attached hydrogens (tertiary/aromatic N) is 2. The van der Waals surface area contributed by atoms with Crippen molar-refractivity contribution in [1.82, 2.24) is 10.2 Å². The second kappa shape index (κ2) is 10.0. The van der Waals surface area contributed by atoms with Gasteiger partial charge in [-0.25, -0.2) is 4.79 Å². The Balaban J connectivity index is 1.38. The van der Waals surface area contributed by atoms with Crippen molar-refractivity contribution >= 4 is 11.7 Å². The molecule has 2 aromatic carbocycles. The van der Waals surface area contributed by atoms with Crippen molar-refractivity contribution in [3.05, 3.63) is 54.1 Å². The van der Waals surface area contributed by atoms with Gasteiger partial charge in [-0.2, -0.15) is 0 Å². The average molecular weight is 398 g/mol. The number of anilines is 1. The Kier molecular flexibility index (Phi) is 7.22. The summed E-state index contributed by atoms with van der Waals surface area (Å²) < 4.78 is 11.0. The largest absolute Gasteiger partial charge is 0.497 e. The second-order valence-corrected chi connectivity index (χ2v) is 7.48. The number of rotatable bonds is 7. The Bertz CT molecular complexity index is 784. The SMILES string of the molecule is COc1ccc(N2CCN(C(=O)NCCOc3cccc(C(C)C)c3)CC2)cc1. The van der Waals surface area contributed by atoms with Gasteiger partial charge in [0.2, 0.25) is 0 Å². The zero-order chi connectivity index (χ0) is 20.6. The number of benzene rings is 2. The number of ether oxygens (including phenoxy) is 2. The van der Waals surface area contributed by atoms with Crippen LogP contribution in [0.1, 0.15) is 25.3 Å². The highest BCUT2D eigenvalue weighted by Gasteiger charge is 2.21. The van der Waals surface area contributed by atoms with Crippen molar-refractivity contribution in [3.8, 4) is 11.5 Å². The highest BCUT2D eigenvalue weighted by Crippen LogP contribution is 2.21. The van der Waals surface area contributed by atoms with Gasteiger partial charge in [0.05, 0.1) is 13.7 Å². The number of hydrogen-bond donors (Lipinski definition) is 1. The van der Waals surface area contributed by atoms with E-state index in [9.17, 15) is 4.79 Å². The van der Waals surface area contributed by atoms with E-state index in [4.69, 9.17) is 9.47 Å². The molecule has 1 heterocycles. The van der Waals surface area contributed by atoms with Crippen molar-refractivity contribution < 1.29 is 14.3 Å². The van der Waals surface area contributed by atoms with E-state index in [2.05, 4.69) is 48.3 Å². The summed E-state index contributed by atoms with van der Waals surface area (Å²) in [6, 6.07) is 16.1. The van der Waals surface area contributed by atoms with E-state index in [1.165, 1.54) is 5.56 Å². The third-order valence-corrected chi connectivity index (χ3v) is 5.18. The Morgan fingerprint density at radius 2 is 1.76 bits per heavy atom. The summed E-state index contributed by atoms with van der Waals surface area (Å²) in [5.41, 5.74) is 2.41. The fourth-order valence-corrected chi connectivity index (χ4v) is 3.36. The van der Waals surface area contributed by atoms with Crippen molar-refractivity contribution in [2.75, 3.05) is 51.3 Å². The Morgan fingerprint density at radius 3 is 2.41 bits per heavy atom. The van der Waals surface area contributed by atoms with Crippen LogP contribution in [0.3, 0.4) is 0 Å². The van der Waals surface area contributed by atoms with Gasteiger partial charge in [-0.1, -0.05) is 26.0 Å². The zero-order valence-corrected chi connectivity index (χ0v) is 17.6. The smallest absolute Gasteiger partial charge is 0.317 e. The minimum Gasteiger partial charge on any atom is -0.497 e. The maximum Gasteiger partial charge on any atom is 0.317 e. The van der Waals surface area contributed by atoms with Crippen LogP contribution in [0.25, 0.3) is 0 Å². The minimum absolute atomic E-state index is 0.0288. The monoisotopic (exact) mass is 397 g/mol. The first-order valence-electron chi connectivity index (χ1n) is 10.2. The standard InChI is InChI=1S/C23H31N3O3/c1-18(2)19-5-4-6-22(17-19)29-16-11-24-23(27)26-14-12-25(13-15-26)20-7-9-21(28-3)10-8-20/h4-10,17-18H,11-16H2,1-3H3,(H,24,27). The van der Waals surface area contributed by atoms with Crippen LogP contribution in [0.5, 0.6) is 11.5 Å². The lowest BCUT2D eigenvalue weighted by molar-refractivity contribution is 0.191. The Hall–Kier alpha value is -2.89. The van der Waals surface area contributed by atoms with Crippen molar-refractivity contribution in [3.63, 3.8) is 0 Å². The van der Waals surface area contributed by atoms with E-state index in [-0.39, 0.29) is 6.03 Å². The molecule has 1 saturated heterocycles. The molecule has 156 valence electrons. The summed E-state index contributed by atoms with van der Waals surface area (Å²) in [5.74, 6) is 2.17. The molecule has 0 atom stereocenters. The fraction of sp³-hybridized carbons (Fsp3) is 0.435. The Labute approximate surface area is 173 Å². The van der Waals surface area contributed by atoms with Gasteiger partial charge in [0.25, 0.3) is 0 Å². The summed E-state index contributed by atoms with van der Waals surface area (Å²) in [6.07, 6.45) is 0. The molecule has 0 unspecified atom stereocenters. The fourth-order valence-electron chi connectivity index (χ4n) is 3.36. The van der Waals surface area contributed by atoms with Crippen LogP contribution in [0.15, 0.2) is 48.5 Å². The van der Waals surface area contributed by atoms with E-state index in [1.807, 2.05) is 29.2 Å². The quantitative estimate of drug-likeness (QED) is 0.724. The van der Waals surface area contributed by atoms with Crippen molar-refractivity contribution in [2.45, 2.75) is 19.8 Å². The molecule has 1 N–H and O–H groups in total. The average Bonchev–Trinajstić information content (AvgIpc) is 2.77. The molecule has 1 fully saturated rings. The molecular formula is C23H31N3O3. The molecule has 0 aliphatic carbocycles. The van der Waals surface area contributed by atoms with Crippen LogP contribution in [0, 0.1) is 0 Å². The lowest BCUT2D eigenvalue weighted by Crippen LogP contribution is -2.52. The van der Waals surface area contributed by atoms with E-state index >= 15 is 0 Å². The van der Waals surface area contributed by atoms with Gasteiger partial charge >= 0.3 is 6.03 Å². The van der Waals surface area contributed by atoms with E-state index < -0.39 is 0 Å². The number of hydrogen-bond acceptors (Lipinski definition) is 4. The first-order chi connectivity index (χ1) is 14.1. The molecule has 1 aliphatic rings. The third-order valence-electron chi connectivity index (χ3n) is 5.18. The highest BCUT2D eigenvalue weighted by atomic mass is 16.5. The molecule has 1 aliphatic heterocycles. The maximum absolute atomic E-state index is 12.4. The van der Waals surface area contributed by atoms with Crippen LogP contribution in [-0.4, -0.2) is 57.4 Å². The van der Waals surface area contributed by atoms with E-state index in [1.54, 1.807) is 7.11 Å². The highest BCUT2D eigenvalue weighted by molar-refractivity contribution is 5.74. The van der Waals surface area contributed by atoms with Gasteiger partial charge in [-0.05, 0) is 47.9 Å². The van der Waals surface area contributed by atoms with Gasteiger partial charge in [0.1, 0.15) is 18.1 Å². The topological polar surface area (TPSA) is 54.0 Å². The third kappa shape index (κ3) is 5.79. The molecule has 6 heteroatoms. The van der Waals surface area contributed by atoms with Gasteiger partial charge in [0, 0.05) is 31.9 Å². The summed E-state index contributed by atoms with van der Waals surface area (Å²) in [4.78, 5) is 16.6. The van der Waals surface area contributed by atoms with Crippen LogP contribution < -0.4 is 19.7 Å². The summed E-state index contributed by atoms with van der Waals surface area (Å²) in [5, 5.41) is 2.96. The molecule has 0 saturated carbocycles. The number of urea groups is 1. The number of methoxy groups -OCH3 is 1. The molecule has 0 radical (unpaired) electrons. The van der Waals surface area contributed by atoms with Crippen LogP contribution in [-0.2, 0) is 0 Å². The molecule has 0 spiro atoms. The summed E-state index contributed by atoms with van der Waals surface area (Å²) in [6.45, 7) is 8.31. The number of carbonyl (C=O) groups excluding carboxylic acids is 1. The molecule has 6 nitrogen and oxygen atoms in total. The minimum atomic E-state index is -0.0288. The molecule has 29 heavy (non-hydrogen) atoms. The first kappa shape index (κ1) is 20.8. The molecule has 2 amide bonds. The van der Waals surface area contributed by atoms with Gasteiger partial charge in [-0.15, -0.1) is 0 Å². The molecule has 2 aromatic rings. The van der Waals surface area contributed by atoms with Gasteiger partial charge < -0.3 is 24.6 Å². The first-order valence-corrected chi connectivity index (χ1v) is 10.2. The lowest BCUT2D eigenvalue weighted by Gasteiger charge is -2.36. The summed E-state index contributed by atoms with van der Waals surface area (Å²) >= 11 is 0.